The van der Waals surface area contributed by atoms with Gasteiger partial charge >= 0.3 is 0 Å². The van der Waals surface area contributed by atoms with E-state index >= 15 is 0 Å². The first kappa shape index (κ1) is 11.2. The molecule has 0 bridgehead atoms. The summed E-state index contributed by atoms with van der Waals surface area (Å²) in [6.45, 7) is 2.13. The van der Waals surface area contributed by atoms with Crippen LogP contribution in [0.1, 0.15) is 31.7 Å². The number of isocyanates is 1. The Morgan fingerprint density at radius 1 is 1.33 bits per heavy atom. The fourth-order valence-electron chi connectivity index (χ4n) is 1.15. The molecule has 0 atom stereocenters. The van der Waals surface area contributed by atoms with Crippen LogP contribution in [0.5, 0.6) is 0 Å². The highest BCUT2D eigenvalue weighted by Gasteiger charge is 1.94. The summed E-state index contributed by atoms with van der Waals surface area (Å²) in [4.78, 5) is 13.8. The summed E-state index contributed by atoms with van der Waals surface area (Å²) < 4.78 is 0. The first-order valence-corrected chi connectivity index (χ1v) is 5.04. The number of hydrogen-bond donors (Lipinski definition) is 0. The van der Waals surface area contributed by atoms with Crippen LogP contribution in [0.3, 0.4) is 0 Å². The third-order valence-electron chi connectivity index (χ3n) is 1.95. The Morgan fingerprint density at radius 2 is 2.13 bits per heavy atom. The number of rotatable bonds is 3. The maximum Gasteiger partial charge on any atom is 0.240 e. The molecule has 0 saturated carbocycles. The molecule has 2 heteroatoms. The van der Waals surface area contributed by atoms with Crippen molar-refractivity contribution in [2.24, 2.45) is 4.99 Å². The lowest BCUT2D eigenvalue weighted by Crippen LogP contribution is -1.75. The highest BCUT2D eigenvalue weighted by atomic mass is 16.1. The fourth-order valence-corrected chi connectivity index (χ4v) is 1.15. The predicted molar refractivity (Wildman–Crippen MR) is 60.6 cm³/mol. The number of benzene rings is 1. The molecular weight excluding hydrogens is 186 g/mol. The summed E-state index contributed by atoms with van der Waals surface area (Å²) in [6, 6.07) is 7.32. The molecule has 0 N–H and O–H groups in total. The van der Waals surface area contributed by atoms with Crippen LogP contribution in [0.2, 0.25) is 0 Å². The van der Waals surface area contributed by atoms with Crippen molar-refractivity contribution >= 4 is 11.8 Å². The Bertz CT molecular complexity index is 420. The number of aliphatic imine (C=N–C) groups is 1. The second-order valence-corrected chi connectivity index (χ2v) is 3.13. The minimum Gasteiger partial charge on any atom is -0.211 e. The molecule has 0 aliphatic rings. The van der Waals surface area contributed by atoms with Crippen LogP contribution in [0, 0.1) is 11.8 Å². The maximum absolute atomic E-state index is 10.2. The van der Waals surface area contributed by atoms with Gasteiger partial charge in [0, 0.05) is 6.42 Å². The van der Waals surface area contributed by atoms with E-state index in [2.05, 4.69) is 23.8 Å². The molecule has 0 radical (unpaired) electrons. The molecule has 0 saturated heterocycles. The molecule has 0 spiro atoms. The van der Waals surface area contributed by atoms with Gasteiger partial charge in [0.15, 0.2) is 0 Å². The van der Waals surface area contributed by atoms with Gasteiger partial charge in [-0.2, -0.15) is 4.99 Å². The molecule has 1 rings (SSSR count). The normalized spacial score (nSPS) is 8.60. The van der Waals surface area contributed by atoms with Crippen LogP contribution < -0.4 is 0 Å². The van der Waals surface area contributed by atoms with E-state index in [0.717, 1.165) is 24.8 Å². The molecule has 0 heterocycles. The molecule has 0 aromatic heterocycles. The lowest BCUT2D eigenvalue weighted by atomic mass is 10.1. The van der Waals surface area contributed by atoms with Crippen LogP contribution in [-0.2, 0) is 4.79 Å². The van der Waals surface area contributed by atoms with Crippen molar-refractivity contribution in [3.63, 3.8) is 0 Å². The smallest absolute Gasteiger partial charge is 0.211 e. The van der Waals surface area contributed by atoms with E-state index in [1.165, 1.54) is 6.08 Å². The van der Waals surface area contributed by atoms with Gasteiger partial charge in [-0.25, -0.2) is 4.79 Å². The maximum atomic E-state index is 10.2. The highest BCUT2D eigenvalue weighted by Crippen LogP contribution is 2.16. The summed E-state index contributed by atoms with van der Waals surface area (Å²) in [5.41, 5.74) is 1.38. The summed E-state index contributed by atoms with van der Waals surface area (Å²) >= 11 is 0. The monoisotopic (exact) mass is 199 g/mol. The van der Waals surface area contributed by atoms with Gasteiger partial charge < -0.3 is 0 Å². The van der Waals surface area contributed by atoms with Crippen molar-refractivity contribution in [1.82, 2.24) is 0 Å². The fraction of sp³-hybridized carbons (Fsp3) is 0.308. The average molecular weight is 199 g/mol. The zero-order valence-corrected chi connectivity index (χ0v) is 8.79. The molecule has 0 amide bonds. The highest BCUT2D eigenvalue weighted by molar-refractivity contribution is 5.59. The molecule has 2 nitrogen and oxygen atoms in total. The lowest BCUT2D eigenvalue weighted by molar-refractivity contribution is 0.565. The quantitative estimate of drug-likeness (QED) is 0.318. The Labute approximate surface area is 90.0 Å². The van der Waals surface area contributed by atoms with Gasteiger partial charge in [-0.3, -0.25) is 0 Å². The van der Waals surface area contributed by atoms with E-state index in [-0.39, 0.29) is 0 Å². The largest absolute Gasteiger partial charge is 0.240 e. The molecule has 1 aromatic rings. The topological polar surface area (TPSA) is 29.4 Å². The lowest BCUT2D eigenvalue weighted by Gasteiger charge is -1.93. The average Bonchev–Trinajstić information content (AvgIpc) is 2.27. The number of hydrogen-bond acceptors (Lipinski definition) is 2. The molecule has 15 heavy (non-hydrogen) atoms. The van der Waals surface area contributed by atoms with Crippen molar-refractivity contribution in [2.45, 2.75) is 26.2 Å². The second kappa shape index (κ2) is 6.59. The van der Waals surface area contributed by atoms with Gasteiger partial charge in [0.2, 0.25) is 6.08 Å². The van der Waals surface area contributed by atoms with Crippen LogP contribution in [-0.4, -0.2) is 6.08 Å². The van der Waals surface area contributed by atoms with Gasteiger partial charge in [-0.15, -0.1) is 0 Å². The Kier molecular flexibility index (Phi) is 4.94. The van der Waals surface area contributed by atoms with Crippen molar-refractivity contribution < 1.29 is 4.79 Å². The molecule has 0 aliphatic heterocycles. The molecular formula is C13H13NO. The number of nitrogens with zero attached hydrogens (tertiary/aromatic N) is 1. The first-order chi connectivity index (χ1) is 7.38. The van der Waals surface area contributed by atoms with Gasteiger partial charge in [-0.05, 0) is 18.6 Å². The van der Waals surface area contributed by atoms with Crippen LogP contribution in [0.25, 0.3) is 0 Å². The van der Waals surface area contributed by atoms with Crippen LogP contribution in [0.15, 0.2) is 29.3 Å². The third kappa shape index (κ3) is 3.81. The predicted octanol–water partition coefficient (Wildman–Crippen LogP) is 3.20. The first-order valence-electron chi connectivity index (χ1n) is 5.04. The van der Waals surface area contributed by atoms with Crippen LogP contribution in [0.4, 0.5) is 5.69 Å². The van der Waals surface area contributed by atoms with E-state index in [4.69, 9.17) is 0 Å². The number of para-hydroxylation sites is 1. The second-order valence-electron chi connectivity index (χ2n) is 3.13. The van der Waals surface area contributed by atoms with Crippen LogP contribution >= 0.6 is 0 Å². The Morgan fingerprint density at radius 3 is 2.87 bits per heavy atom. The van der Waals surface area contributed by atoms with Gasteiger partial charge in [0.05, 0.1) is 11.3 Å². The van der Waals surface area contributed by atoms with Crippen molar-refractivity contribution in [1.29, 1.82) is 0 Å². The zero-order valence-electron chi connectivity index (χ0n) is 8.79. The van der Waals surface area contributed by atoms with E-state index in [9.17, 15) is 4.79 Å². The molecule has 0 aliphatic carbocycles. The number of unbranched alkanes of at least 4 members (excludes halogenated alkanes) is 2. The zero-order chi connectivity index (χ0) is 10.9. The summed E-state index contributed by atoms with van der Waals surface area (Å²) in [5, 5.41) is 0. The van der Waals surface area contributed by atoms with E-state index in [0.29, 0.717) is 5.69 Å². The molecule has 0 fully saturated rings. The third-order valence-corrected chi connectivity index (χ3v) is 1.95. The van der Waals surface area contributed by atoms with Gasteiger partial charge in [0.25, 0.3) is 0 Å². The minimum atomic E-state index is 0.594. The Balaban J connectivity index is 2.82. The summed E-state index contributed by atoms with van der Waals surface area (Å²) in [5.74, 6) is 6.07. The molecule has 1 aromatic carbocycles. The van der Waals surface area contributed by atoms with Gasteiger partial charge in [0.1, 0.15) is 0 Å². The summed E-state index contributed by atoms with van der Waals surface area (Å²) in [7, 11) is 0. The molecule has 0 unspecified atom stereocenters. The Hall–Kier alpha value is -1.84. The van der Waals surface area contributed by atoms with Crippen molar-refractivity contribution in [3.8, 4) is 11.8 Å². The van der Waals surface area contributed by atoms with E-state index in [1.807, 2.05) is 18.2 Å². The standard InChI is InChI=1S/C13H13NO/c1-2-3-4-5-8-12-9-6-7-10-13(12)14-11-15/h6-7,9-10H,2-4H2,1H3. The SMILES string of the molecule is CCCCC#Cc1ccccc1N=C=O. The van der Waals surface area contributed by atoms with E-state index < -0.39 is 0 Å². The van der Waals surface area contributed by atoms with E-state index in [1.54, 1.807) is 6.07 Å². The van der Waals surface area contributed by atoms with Crippen molar-refractivity contribution in [3.05, 3.63) is 29.8 Å². The minimum absolute atomic E-state index is 0.594. The number of carbonyl (C=O) groups excluding carboxylic acids is 1. The van der Waals surface area contributed by atoms with Crippen molar-refractivity contribution in [2.75, 3.05) is 0 Å². The summed E-state index contributed by atoms with van der Waals surface area (Å²) in [6.07, 6.45) is 4.66. The molecule has 76 valence electrons. The van der Waals surface area contributed by atoms with Gasteiger partial charge in [-0.1, -0.05) is 37.3 Å².